The SMILES string of the molecule is C=C(C1CCC(C)CC1)N(C)c1cc(C#CC(C)(C)C)sc1C(=O)O.CC1CCC(C(=O)N(c2cc(C#CC(C)(C)C)sc2C(=O)O)C(C)C)CC1.CC1CCC(C(=O)N(c2cc(C#CC(C)(C)C)sc2C(N)=O)C2CCC(C)CC2)CC1.CC1CCC(N(C(=O)C2CCCCC2)c2cc(C#CC(C)(C)C)sc2C(=O)O)CC1.COC(=O)c1sc(C#CC(C)(C)C)cc1N(C(=O)C1CCC(C)CC1)C1CCC(C)CC1. The first-order chi connectivity index (χ1) is 67.9. The molecule has 24 heteroatoms. The molecule has 0 aliphatic heterocycles. The van der Waals surface area contributed by atoms with Crippen LogP contribution >= 0.6 is 56.7 Å². The van der Waals surface area contributed by atoms with Gasteiger partial charge < -0.3 is 50.3 Å². The standard InChI is InChI=1S/C27H39NO3S.C26H38N2O2S.C25H35NO3S.C22H31NO3S.C21H29NO2S/c1-18-7-11-20(12-8-18)25(29)28(21-13-9-19(2)10-14-21)23-17-22(15-16-27(3,4)5)32-24(23)26(30)31-6;1-17-6-10-19(11-7-17)25(30)28(20-12-8-18(2)9-13-20)22-16-21(14-15-26(3,4)5)31-23(22)24(27)29;1-17-10-12-19(13-11-17)26(23(27)18-8-6-5-7-9-18)21-16-20(14-15-25(2,3)4)30-22(21)24(28)29;1-14(2)23(20(24)16-9-7-15(3)8-10-16)18-13-17(11-12-22(4,5)6)27-19(18)21(25)26;1-14-7-9-16(10-8-14)15(2)22(6)18-13-17(11-12-21(3,4)5)25-19(18)20(23)24/h17-21H,7-14H2,1-6H3;16-20H,6-13H2,1-5H3,(H2,27,29);16-19H,5-13H2,1-4H3,(H,28,29);13-16H,7-10H2,1-6H3,(H,25,26);13-14,16H,2,7-10H2,1,3-6H3,(H,23,24). The predicted molar refractivity (Wildman–Crippen MR) is 602 cm³/mol. The number of carboxylic acid groups (broad SMARTS) is 3. The van der Waals surface area contributed by atoms with Gasteiger partial charge in [0.15, 0.2) is 0 Å². The molecule has 0 radical (unpaired) electrons. The summed E-state index contributed by atoms with van der Waals surface area (Å²) in [6.45, 7) is 54.7. The van der Waals surface area contributed by atoms with Crippen LogP contribution in [-0.4, -0.2) is 107 Å². The maximum Gasteiger partial charge on any atom is 0.350 e. The number of nitrogens with zero attached hydrogens (tertiary/aromatic N) is 5. The number of carboxylic acids is 3. The fourth-order valence-corrected chi connectivity index (χ4v) is 25.0. The smallest absolute Gasteiger partial charge is 0.350 e. The average molecular weight is 2080 g/mol. The molecule has 0 aromatic carbocycles. The quantitative estimate of drug-likeness (QED) is 0.0417. The molecule has 5 aromatic heterocycles. The number of methoxy groups -OCH3 is 1. The van der Waals surface area contributed by atoms with Gasteiger partial charge in [0.1, 0.15) is 24.4 Å². The zero-order valence-corrected chi connectivity index (χ0v) is 96.5. The third kappa shape index (κ3) is 36.2. The zero-order chi connectivity index (χ0) is 107. The average Bonchev–Trinajstić information content (AvgIpc) is 1.67. The minimum absolute atomic E-state index is 0.0174. The van der Waals surface area contributed by atoms with Gasteiger partial charge in [0, 0.05) is 87.7 Å². The molecule has 8 aliphatic rings. The van der Waals surface area contributed by atoms with Gasteiger partial charge in [-0.15, -0.1) is 56.7 Å². The van der Waals surface area contributed by atoms with E-state index in [0.717, 1.165) is 235 Å². The number of nitrogens with two attached hydrogens (primary N) is 1. The van der Waals surface area contributed by atoms with Crippen molar-refractivity contribution in [3.05, 3.63) is 91.4 Å². The van der Waals surface area contributed by atoms with Crippen molar-refractivity contribution in [2.45, 2.75) is 402 Å². The number of hydrogen-bond donors (Lipinski definition) is 4. The normalized spacial score (nSPS) is 23.4. The molecule has 8 fully saturated rings. The van der Waals surface area contributed by atoms with E-state index in [1.807, 2.05) is 127 Å². The summed E-state index contributed by atoms with van der Waals surface area (Å²) in [7, 11) is 3.33. The molecule has 13 rings (SSSR count). The van der Waals surface area contributed by atoms with Crippen molar-refractivity contribution in [3.63, 3.8) is 0 Å². The number of ether oxygens (including phenoxy) is 1. The highest BCUT2D eigenvalue weighted by Crippen LogP contribution is 2.47. The second kappa shape index (κ2) is 53.5. The van der Waals surface area contributed by atoms with E-state index in [2.05, 4.69) is 156 Å². The van der Waals surface area contributed by atoms with E-state index < -0.39 is 23.8 Å². The molecule has 5 amide bonds. The van der Waals surface area contributed by atoms with Crippen LogP contribution < -0.4 is 30.2 Å². The van der Waals surface area contributed by atoms with Gasteiger partial charge in [-0.25, -0.2) is 19.2 Å². The fourth-order valence-electron chi connectivity index (χ4n) is 20.6. The molecule has 145 heavy (non-hydrogen) atoms. The summed E-state index contributed by atoms with van der Waals surface area (Å²) < 4.78 is 5.11. The Labute approximate surface area is 890 Å². The van der Waals surface area contributed by atoms with Crippen molar-refractivity contribution in [1.29, 1.82) is 0 Å². The molecular formula is C121H172N6O13S5. The lowest BCUT2D eigenvalue weighted by Crippen LogP contribution is -2.46. The zero-order valence-electron chi connectivity index (χ0n) is 92.4. The van der Waals surface area contributed by atoms with Crippen LogP contribution in [0.15, 0.2) is 42.6 Å². The molecule has 5 heterocycles. The molecule has 0 saturated heterocycles. The van der Waals surface area contributed by atoms with Crippen molar-refractivity contribution in [3.8, 4) is 59.2 Å². The first-order valence-electron chi connectivity index (χ1n) is 54.0. The van der Waals surface area contributed by atoms with Gasteiger partial charge in [0.25, 0.3) is 5.91 Å². The number of anilines is 5. The van der Waals surface area contributed by atoms with E-state index in [9.17, 15) is 58.5 Å². The molecule has 0 spiro atoms. The molecule has 5 aromatic rings. The summed E-state index contributed by atoms with van der Waals surface area (Å²) in [6, 6.07) is 9.67. The molecule has 19 nitrogen and oxygen atoms in total. The minimum atomic E-state index is -1.01. The van der Waals surface area contributed by atoms with E-state index in [1.165, 1.54) is 71.7 Å². The summed E-state index contributed by atoms with van der Waals surface area (Å²) >= 11 is 6.27. The van der Waals surface area contributed by atoms with E-state index in [4.69, 9.17) is 10.5 Å². The van der Waals surface area contributed by atoms with Crippen LogP contribution in [0.25, 0.3) is 0 Å². The second-order valence-electron chi connectivity index (χ2n) is 48.8. The number of primary amides is 1. The number of thiophene rings is 5. The summed E-state index contributed by atoms with van der Waals surface area (Å²) in [5, 5.41) is 29.2. The van der Waals surface area contributed by atoms with Gasteiger partial charge in [-0.2, -0.15) is 0 Å². The Morgan fingerprint density at radius 2 is 0.559 bits per heavy atom. The Balaban J connectivity index is 0.000000202. The molecule has 794 valence electrons. The van der Waals surface area contributed by atoms with Crippen LogP contribution in [0.2, 0.25) is 0 Å². The third-order valence-electron chi connectivity index (χ3n) is 29.4. The number of amides is 5. The number of allylic oxidation sites excluding steroid dienone is 1. The van der Waals surface area contributed by atoms with Gasteiger partial charge in [0.05, 0.1) is 59.9 Å². The number of rotatable bonds is 20. The minimum Gasteiger partial charge on any atom is -0.477 e. The first kappa shape index (κ1) is 120. The molecular weight excluding hydrogens is 1910 g/mol. The summed E-state index contributed by atoms with van der Waals surface area (Å²) in [6.07, 6.45) is 34.4. The Bertz CT molecular complexity index is 5600. The molecule has 0 unspecified atom stereocenters. The number of hydrogen-bond acceptors (Lipinski definition) is 16. The maximum absolute atomic E-state index is 13.9. The number of carbonyl (C=O) groups excluding carboxylic acids is 6. The predicted octanol–water partition coefficient (Wildman–Crippen LogP) is 30.0. The number of aromatic carboxylic acids is 3. The lowest BCUT2D eigenvalue weighted by Gasteiger charge is -2.39. The monoisotopic (exact) mass is 2080 g/mol. The fraction of sp³-hybridized carbons (Fsp3) is 0.661. The van der Waals surface area contributed by atoms with Crippen LogP contribution in [0, 0.1) is 157 Å². The van der Waals surface area contributed by atoms with Crippen molar-refractivity contribution < 1.29 is 63.2 Å². The summed E-state index contributed by atoms with van der Waals surface area (Å²) in [4.78, 5) is 130. The Kier molecular flexibility index (Phi) is 44.1. The molecule has 0 atom stereocenters. The van der Waals surface area contributed by atoms with Gasteiger partial charge >= 0.3 is 23.9 Å². The summed E-state index contributed by atoms with van der Waals surface area (Å²) in [5.74, 6) is 34.1. The van der Waals surface area contributed by atoms with Crippen LogP contribution in [0.5, 0.6) is 0 Å². The van der Waals surface area contributed by atoms with E-state index in [1.54, 1.807) is 11.0 Å². The Morgan fingerprint density at radius 3 is 0.834 bits per heavy atom. The first-order valence-corrected chi connectivity index (χ1v) is 58.1. The molecule has 8 aliphatic carbocycles. The van der Waals surface area contributed by atoms with Gasteiger partial charge in [-0.05, 0) is 375 Å². The highest BCUT2D eigenvalue weighted by Gasteiger charge is 2.43. The van der Waals surface area contributed by atoms with E-state index in [0.29, 0.717) is 89.4 Å². The van der Waals surface area contributed by atoms with Gasteiger partial charge in [0.2, 0.25) is 23.6 Å². The topological polar surface area (TPSA) is 266 Å². The van der Waals surface area contributed by atoms with Crippen molar-refractivity contribution in [1.82, 2.24) is 0 Å². The van der Waals surface area contributed by atoms with Crippen molar-refractivity contribution in [2.75, 3.05) is 38.7 Å². The largest absolute Gasteiger partial charge is 0.477 e. The van der Waals surface area contributed by atoms with Gasteiger partial charge in [-0.3, -0.25) is 24.0 Å². The highest BCUT2D eigenvalue weighted by atomic mass is 32.1. The number of esters is 1. The molecule has 8 saturated carbocycles. The maximum atomic E-state index is 13.9. The lowest BCUT2D eigenvalue weighted by molar-refractivity contribution is -0.125. The van der Waals surface area contributed by atoms with Crippen LogP contribution in [0.3, 0.4) is 0 Å². The Morgan fingerprint density at radius 1 is 0.331 bits per heavy atom. The Hall–Kier alpha value is -8.93. The highest BCUT2D eigenvalue weighted by molar-refractivity contribution is 7.16. The second-order valence-corrected chi connectivity index (χ2v) is 54.0. The van der Waals surface area contributed by atoms with Crippen molar-refractivity contribution >= 4 is 139 Å². The number of carbonyl (C=O) groups is 9. The summed E-state index contributed by atoms with van der Waals surface area (Å²) in [5.41, 5.74) is 9.26. The van der Waals surface area contributed by atoms with Gasteiger partial charge in [-0.1, -0.05) is 146 Å². The molecule has 0 bridgehead atoms. The third-order valence-corrected chi connectivity index (χ3v) is 34.6. The van der Waals surface area contributed by atoms with Crippen molar-refractivity contribution in [2.24, 2.45) is 104 Å². The van der Waals surface area contributed by atoms with Crippen LogP contribution in [-0.2, 0) is 23.9 Å². The molecule has 5 N–H and O–H groups in total. The lowest BCUT2D eigenvalue weighted by atomic mass is 9.81. The van der Waals surface area contributed by atoms with Crippen LogP contribution in [0.1, 0.15) is 451 Å². The van der Waals surface area contributed by atoms with E-state index >= 15 is 0 Å². The van der Waals surface area contributed by atoms with E-state index in [-0.39, 0.29) is 114 Å². The van der Waals surface area contributed by atoms with Crippen LogP contribution in [0.4, 0.5) is 28.4 Å².